The number of hydrogen-bond acceptors (Lipinski definition) is 6. The summed E-state index contributed by atoms with van der Waals surface area (Å²) < 4.78 is 20.2. The fourth-order valence-corrected chi connectivity index (χ4v) is 3.17. The average Bonchev–Trinajstić information content (AvgIpc) is 3.10. The van der Waals surface area contributed by atoms with Crippen molar-refractivity contribution < 1.29 is 13.9 Å². The molecule has 3 rings (SSSR count). The second kappa shape index (κ2) is 7.65. The van der Waals surface area contributed by atoms with E-state index in [9.17, 15) is 9.18 Å². The van der Waals surface area contributed by atoms with Gasteiger partial charge in [-0.25, -0.2) is 4.39 Å². The first-order valence-electron chi connectivity index (χ1n) is 7.85. The molecule has 1 aromatic heterocycles. The molecular formula is C18H17FN4O2S. The number of methoxy groups -OCH3 is 1. The molecule has 0 bridgehead atoms. The van der Waals surface area contributed by atoms with Crippen molar-refractivity contribution in [2.45, 2.75) is 19.0 Å². The highest BCUT2D eigenvalue weighted by Crippen LogP contribution is 2.24. The summed E-state index contributed by atoms with van der Waals surface area (Å²) in [5, 5.41) is 12.2. The summed E-state index contributed by atoms with van der Waals surface area (Å²) in [4.78, 5) is 12.5. The molecule has 26 heavy (non-hydrogen) atoms. The van der Waals surface area contributed by atoms with Gasteiger partial charge in [-0.1, -0.05) is 17.8 Å². The molecule has 0 atom stereocenters. The molecule has 0 amide bonds. The number of rotatable bonds is 6. The molecule has 0 unspecified atom stereocenters. The van der Waals surface area contributed by atoms with E-state index in [1.54, 1.807) is 4.68 Å². The van der Waals surface area contributed by atoms with Crippen LogP contribution in [-0.2, 0) is 0 Å². The highest BCUT2D eigenvalue weighted by Gasteiger charge is 2.17. The number of tetrazole rings is 1. The number of ketones is 1. The van der Waals surface area contributed by atoms with Gasteiger partial charge < -0.3 is 4.74 Å². The Hall–Kier alpha value is -2.74. The van der Waals surface area contributed by atoms with Crippen molar-refractivity contribution in [3.05, 3.63) is 58.9 Å². The zero-order valence-electron chi connectivity index (χ0n) is 14.6. The van der Waals surface area contributed by atoms with Gasteiger partial charge in [0.15, 0.2) is 5.78 Å². The van der Waals surface area contributed by atoms with Gasteiger partial charge in [-0.05, 0) is 65.7 Å². The summed E-state index contributed by atoms with van der Waals surface area (Å²) in [5.41, 5.74) is 3.31. The van der Waals surface area contributed by atoms with Crippen LogP contribution in [0.25, 0.3) is 5.69 Å². The molecule has 134 valence electrons. The first-order chi connectivity index (χ1) is 12.5. The van der Waals surface area contributed by atoms with E-state index in [0.29, 0.717) is 10.9 Å². The topological polar surface area (TPSA) is 69.9 Å². The van der Waals surface area contributed by atoms with Crippen molar-refractivity contribution in [2.24, 2.45) is 0 Å². The number of ether oxygens (including phenoxy) is 1. The fourth-order valence-electron chi connectivity index (χ4n) is 2.39. The monoisotopic (exact) mass is 372 g/mol. The van der Waals surface area contributed by atoms with Gasteiger partial charge >= 0.3 is 0 Å². The lowest BCUT2D eigenvalue weighted by Crippen LogP contribution is -2.07. The smallest absolute Gasteiger partial charge is 0.214 e. The van der Waals surface area contributed by atoms with Gasteiger partial charge in [-0.2, -0.15) is 4.68 Å². The summed E-state index contributed by atoms with van der Waals surface area (Å²) in [5.74, 6) is -0.351. The van der Waals surface area contributed by atoms with E-state index in [1.807, 2.05) is 32.0 Å². The number of carbonyl (C=O) groups is 1. The van der Waals surface area contributed by atoms with E-state index in [-0.39, 0.29) is 17.1 Å². The maximum absolute atomic E-state index is 13.5. The van der Waals surface area contributed by atoms with E-state index >= 15 is 0 Å². The van der Waals surface area contributed by atoms with Crippen molar-refractivity contribution in [2.75, 3.05) is 12.9 Å². The van der Waals surface area contributed by atoms with Crippen molar-refractivity contribution in [3.8, 4) is 11.4 Å². The van der Waals surface area contributed by atoms with Crippen LogP contribution >= 0.6 is 11.8 Å². The van der Waals surface area contributed by atoms with Gasteiger partial charge in [0.1, 0.15) is 11.6 Å². The Morgan fingerprint density at radius 1 is 1.19 bits per heavy atom. The molecule has 0 aliphatic carbocycles. The van der Waals surface area contributed by atoms with Gasteiger partial charge in [0, 0.05) is 0 Å². The predicted molar refractivity (Wildman–Crippen MR) is 96.6 cm³/mol. The lowest BCUT2D eigenvalue weighted by atomic mass is 10.1. The van der Waals surface area contributed by atoms with Gasteiger partial charge in [0.2, 0.25) is 5.16 Å². The SMILES string of the molecule is COc1ccc(F)cc1C(=O)CSc1nnnn1-c1ccc(C)c(C)c1. The van der Waals surface area contributed by atoms with Crippen molar-refractivity contribution in [3.63, 3.8) is 0 Å². The van der Waals surface area contributed by atoms with Gasteiger partial charge in [-0.15, -0.1) is 5.10 Å². The van der Waals surface area contributed by atoms with E-state index in [1.165, 1.54) is 42.6 Å². The molecule has 0 spiro atoms. The van der Waals surface area contributed by atoms with Crippen LogP contribution in [0.2, 0.25) is 0 Å². The van der Waals surface area contributed by atoms with Crippen LogP contribution in [0.4, 0.5) is 4.39 Å². The van der Waals surface area contributed by atoms with Crippen molar-refractivity contribution in [1.82, 2.24) is 20.2 Å². The van der Waals surface area contributed by atoms with Crippen LogP contribution in [0, 0.1) is 19.7 Å². The average molecular weight is 372 g/mol. The number of nitrogens with zero attached hydrogens (tertiary/aromatic N) is 4. The van der Waals surface area contributed by atoms with Crippen LogP contribution in [-0.4, -0.2) is 38.9 Å². The second-order valence-corrected chi connectivity index (χ2v) is 6.64. The third-order valence-corrected chi connectivity index (χ3v) is 4.89. The number of aryl methyl sites for hydroxylation is 2. The third-order valence-electron chi connectivity index (χ3n) is 3.97. The maximum atomic E-state index is 13.5. The Kier molecular flexibility index (Phi) is 5.32. The van der Waals surface area contributed by atoms with Crippen LogP contribution < -0.4 is 4.74 Å². The zero-order valence-corrected chi connectivity index (χ0v) is 15.4. The maximum Gasteiger partial charge on any atom is 0.214 e. The first-order valence-corrected chi connectivity index (χ1v) is 8.83. The highest BCUT2D eigenvalue weighted by atomic mass is 32.2. The third kappa shape index (κ3) is 3.75. The van der Waals surface area contributed by atoms with Gasteiger partial charge in [0.05, 0.1) is 24.1 Å². The Morgan fingerprint density at radius 3 is 2.73 bits per heavy atom. The molecule has 6 nitrogen and oxygen atoms in total. The van der Waals surface area contributed by atoms with Crippen LogP contribution in [0.1, 0.15) is 21.5 Å². The standard InChI is InChI=1S/C18H17FN4O2S/c1-11-4-6-14(8-12(11)2)23-18(20-21-22-23)26-10-16(24)15-9-13(19)5-7-17(15)25-3/h4-9H,10H2,1-3H3. The van der Waals surface area contributed by atoms with E-state index in [4.69, 9.17) is 4.74 Å². The molecular weight excluding hydrogens is 355 g/mol. The zero-order chi connectivity index (χ0) is 18.7. The Balaban J connectivity index is 1.79. The lowest BCUT2D eigenvalue weighted by molar-refractivity contribution is 0.101. The number of hydrogen-bond donors (Lipinski definition) is 0. The Morgan fingerprint density at radius 2 is 2.00 bits per heavy atom. The fraction of sp³-hybridized carbons (Fsp3) is 0.222. The number of aromatic nitrogens is 4. The number of carbonyl (C=O) groups excluding carboxylic acids is 1. The lowest BCUT2D eigenvalue weighted by Gasteiger charge is -2.08. The number of Topliss-reactive ketones (excluding diaryl/α,β-unsaturated/α-hetero) is 1. The minimum atomic E-state index is -0.487. The molecule has 0 radical (unpaired) electrons. The molecule has 2 aromatic carbocycles. The Labute approximate surface area is 154 Å². The highest BCUT2D eigenvalue weighted by molar-refractivity contribution is 7.99. The van der Waals surface area contributed by atoms with Crippen LogP contribution in [0.15, 0.2) is 41.6 Å². The second-order valence-electron chi connectivity index (χ2n) is 5.70. The minimum Gasteiger partial charge on any atom is -0.496 e. The molecule has 8 heteroatoms. The summed E-state index contributed by atoms with van der Waals surface area (Å²) in [6.07, 6.45) is 0. The number of thioether (sulfide) groups is 1. The quantitative estimate of drug-likeness (QED) is 0.488. The predicted octanol–water partition coefficient (Wildman–Crippen LogP) is 3.40. The molecule has 0 fully saturated rings. The molecule has 0 aliphatic heterocycles. The van der Waals surface area contributed by atoms with Gasteiger partial charge in [-0.3, -0.25) is 4.79 Å². The molecule has 0 saturated heterocycles. The van der Waals surface area contributed by atoms with Crippen LogP contribution in [0.5, 0.6) is 5.75 Å². The molecule has 3 aromatic rings. The molecule has 0 aliphatic rings. The largest absolute Gasteiger partial charge is 0.496 e. The molecule has 0 saturated carbocycles. The van der Waals surface area contributed by atoms with Gasteiger partial charge in [0.25, 0.3) is 0 Å². The summed E-state index contributed by atoms with van der Waals surface area (Å²) >= 11 is 1.19. The van der Waals surface area contributed by atoms with Crippen molar-refractivity contribution >= 4 is 17.5 Å². The number of halogens is 1. The minimum absolute atomic E-state index is 0.0605. The van der Waals surface area contributed by atoms with Crippen molar-refractivity contribution in [1.29, 1.82) is 0 Å². The van der Waals surface area contributed by atoms with E-state index in [0.717, 1.165) is 11.3 Å². The molecule has 0 N–H and O–H groups in total. The normalized spacial score (nSPS) is 10.8. The summed E-state index contributed by atoms with van der Waals surface area (Å²) in [6, 6.07) is 9.75. The summed E-state index contributed by atoms with van der Waals surface area (Å²) in [6.45, 7) is 4.04. The number of benzene rings is 2. The first kappa shape index (κ1) is 18.1. The molecule has 1 heterocycles. The van der Waals surface area contributed by atoms with E-state index in [2.05, 4.69) is 15.5 Å². The van der Waals surface area contributed by atoms with E-state index < -0.39 is 5.82 Å². The summed E-state index contributed by atoms with van der Waals surface area (Å²) in [7, 11) is 1.44. The van der Waals surface area contributed by atoms with Crippen LogP contribution in [0.3, 0.4) is 0 Å². The Bertz CT molecular complexity index is 958.